The van der Waals surface area contributed by atoms with E-state index in [0.29, 0.717) is 12.5 Å². The van der Waals surface area contributed by atoms with E-state index in [-0.39, 0.29) is 0 Å². The van der Waals surface area contributed by atoms with Gasteiger partial charge in [0.15, 0.2) is 0 Å². The monoisotopic (exact) mass is 274 g/mol. The van der Waals surface area contributed by atoms with Crippen molar-refractivity contribution >= 4 is 0 Å². The van der Waals surface area contributed by atoms with Crippen LogP contribution in [0.2, 0.25) is 0 Å². The van der Waals surface area contributed by atoms with Gasteiger partial charge in [0.05, 0.1) is 19.4 Å². The van der Waals surface area contributed by atoms with E-state index in [0.717, 1.165) is 37.9 Å². The third-order valence-corrected chi connectivity index (χ3v) is 3.50. The Bertz CT molecular complexity index is 440. The van der Waals surface area contributed by atoms with Crippen LogP contribution in [0.25, 0.3) is 0 Å². The Morgan fingerprint density at radius 1 is 1.50 bits per heavy atom. The Hall–Kier alpha value is -1.24. The molecule has 3 nitrogen and oxygen atoms in total. The molecule has 1 fully saturated rings. The zero-order valence-electron chi connectivity index (χ0n) is 12.7. The van der Waals surface area contributed by atoms with E-state index in [2.05, 4.69) is 36.1 Å². The minimum atomic E-state index is 0.672. The summed E-state index contributed by atoms with van der Waals surface area (Å²) < 4.78 is 5.65. The molecule has 0 unspecified atom stereocenters. The fourth-order valence-corrected chi connectivity index (χ4v) is 2.31. The molecule has 20 heavy (non-hydrogen) atoms. The average Bonchev–Trinajstić information content (AvgIpc) is 3.09. The molecule has 110 valence electrons. The predicted octanol–water partition coefficient (Wildman–Crippen LogP) is 2.87. The van der Waals surface area contributed by atoms with Crippen molar-refractivity contribution in [1.29, 1.82) is 0 Å². The highest BCUT2D eigenvalue weighted by molar-refractivity contribution is 5.13. The summed E-state index contributed by atoms with van der Waals surface area (Å²) in [5.74, 6) is 5.29. The van der Waals surface area contributed by atoms with Crippen molar-refractivity contribution in [3.8, 4) is 12.3 Å². The van der Waals surface area contributed by atoms with Crippen LogP contribution in [0.5, 0.6) is 0 Å². The topological polar surface area (TPSA) is 28.4 Å². The van der Waals surface area contributed by atoms with Crippen molar-refractivity contribution in [2.24, 2.45) is 11.8 Å². The minimum absolute atomic E-state index is 0.672. The third kappa shape index (κ3) is 5.40. The second kappa shape index (κ2) is 7.52. The molecule has 1 saturated carbocycles. The molecule has 1 aromatic rings. The summed E-state index contributed by atoms with van der Waals surface area (Å²) in [6.45, 7) is 8.96. The van der Waals surface area contributed by atoms with Crippen molar-refractivity contribution in [3.05, 3.63) is 23.7 Å². The van der Waals surface area contributed by atoms with E-state index in [1.807, 2.05) is 6.26 Å². The van der Waals surface area contributed by atoms with Gasteiger partial charge in [0.1, 0.15) is 5.76 Å². The highest BCUT2D eigenvalue weighted by Gasteiger charge is 2.24. The SMILES string of the molecule is C#CCN(Cc1cc(CNCC(C)C)co1)CC1CC1. The first-order chi connectivity index (χ1) is 9.67. The smallest absolute Gasteiger partial charge is 0.118 e. The van der Waals surface area contributed by atoms with E-state index in [1.54, 1.807) is 0 Å². The van der Waals surface area contributed by atoms with Crippen LogP contribution in [0.15, 0.2) is 16.7 Å². The maximum atomic E-state index is 5.65. The Morgan fingerprint density at radius 2 is 2.30 bits per heavy atom. The van der Waals surface area contributed by atoms with Crippen LogP contribution in [-0.2, 0) is 13.1 Å². The lowest BCUT2D eigenvalue weighted by Crippen LogP contribution is -2.25. The number of hydrogen-bond donors (Lipinski definition) is 1. The molecule has 1 aliphatic carbocycles. The van der Waals surface area contributed by atoms with Gasteiger partial charge >= 0.3 is 0 Å². The fraction of sp³-hybridized carbons (Fsp3) is 0.647. The molecular weight excluding hydrogens is 248 g/mol. The molecule has 0 saturated heterocycles. The highest BCUT2D eigenvalue weighted by atomic mass is 16.3. The highest BCUT2D eigenvalue weighted by Crippen LogP contribution is 2.30. The van der Waals surface area contributed by atoms with Gasteiger partial charge in [-0.15, -0.1) is 6.42 Å². The van der Waals surface area contributed by atoms with Gasteiger partial charge in [0, 0.05) is 18.7 Å². The van der Waals surface area contributed by atoms with Crippen LogP contribution in [0.4, 0.5) is 0 Å². The Morgan fingerprint density at radius 3 is 2.95 bits per heavy atom. The molecule has 0 bridgehead atoms. The second-order valence-corrected chi connectivity index (χ2v) is 6.26. The third-order valence-electron chi connectivity index (χ3n) is 3.50. The van der Waals surface area contributed by atoms with Gasteiger partial charge in [-0.25, -0.2) is 0 Å². The average molecular weight is 274 g/mol. The first-order valence-electron chi connectivity index (χ1n) is 7.60. The summed E-state index contributed by atoms with van der Waals surface area (Å²) in [7, 11) is 0. The van der Waals surface area contributed by atoms with Crippen molar-refractivity contribution in [2.45, 2.75) is 39.8 Å². The van der Waals surface area contributed by atoms with Gasteiger partial charge in [-0.3, -0.25) is 4.90 Å². The lowest BCUT2D eigenvalue weighted by molar-refractivity contribution is 0.262. The summed E-state index contributed by atoms with van der Waals surface area (Å²) in [5, 5.41) is 3.43. The van der Waals surface area contributed by atoms with Gasteiger partial charge < -0.3 is 9.73 Å². The maximum Gasteiger partial charge on any atom is 0.118 e. The molecular formula is C17H26N2O. The Labute approximate surface area is 122 Å². The number of hydrogen-bond acceptors (Lipinski definition) is 3. The molecule has 0 aromatic carbocycles. The van der Waals surface area contributed by atoms with Crippen molar-refractivity contribution < 1.29 is 4.42 Å². The van der Waals surface area contributed by atoms with E-state index in [4.69, 9.17) is 10.8 Å². The van der Waals surface area contributed by atoms with E-state index < -0.39 is 0 Å². The number of furan rings is 1. The van der Waals surface area contributed by atoms with Crippen molar-refractivity contribution in [3.63, 3.8) is 0 Å². The summed E-state index contributed by atoms with van der Waals surface area (Å²) in [6.07, 6.45) is 10.0. The van der Waals surface area contributed by atoms with Crippen molar-refractivity contribution in [1.82, 2.24) is 10.2 Å². The summed E-state index contributed by atoms with van der Waals surface area (Å²) in [6, 6.07) is 2.14. The minimum Gasteiger partial charge on any atom is -0.468 e. The van der Waals surface area contributed by atoms with Crippen LogP contribution >= 0.6 is 0 Å². The van der Waals surface area contributed by atoms with Gasteiger partial charge in [-0.1, -0.05) is 19.8 Å². The number of rotatable bonds is 9. The Kier molecular flexibility index (Phi) is 5.70. The molecule has 1 heterocycles. The molecule has 0 radical (unpaired) electrons. The summed E-state index contributed by atoms with van der Waals surface area (Å²) in [4.78, 5) is 2.31. The normalized spacial score (nSPS) is 14.9. The quantitative estimate of drug-likeness (QED) is 0.702. The van der Waals surface area contributed by atoms with Gasteiger partial charge in [0.2, 0.25) is 0 Å². The molecule has 1 aliphatic rings. The van der Waals surface area contributed by atoms with Crippen LogP contribution < -0.4 is 5.32 Å². The van der Waals surface area contributed by atoms with Crippen LogP contribution in [0.3, 0.4) is 0 Å². The lowest BCUT2D eigenvalue weighted by atomic mass is 10.2. The molecule has 0 atom stereocenters. The maximum absolute atomic E-state index is 5.65. The molecule has 2 rings (SSSR count). The molecule has 3 heteroatoms. The van der Waals surface area contributed by atoms with Gasteiger partial charge in [-0.05, 0) is 37.3 Å². The molecule has 0 aliphatic heterocycles. The zero-order chi connectivity index (χ0) is 14.4. The predicted molar refractivity (Wildman–Crippen MR) is 82.1 cm³/mol. The number of nitrogens with one attached hydrogen (secondary N) is 1. The molecule has 1 N–H and O–H groups in total. The second-order valence-electron chi connectivity index (χ2n) is 6.26. The summed E-state index contributed by atoms with van der Waals surface area (Å²) >= 11 is 0. The van der Waals surface area contributed by atoms with Gasteiger partial charge in [-0.2, -0.15) is 0 Å². The van der Waals surface area contributed by atoms with E-state index in [9.17, 15) is 0 Å². The fourth-order valence-electron chi connectivity index (χ4n) is 2.31. The van der Waals surface area contributed by atoms with Gasteiger partial charge in [0.25, 0.3) is 0 Å². The number of nitrogens with zero attached hydrogens (tertiary/aromatic N) is 1. The van der Waals surface area contributed by atoms with Crippen LogP contribution in [0.1, 0.15) is 38.0 Å². The standard InChI is InChI=1S/C17H26N2O/c1-4-7-19(11-15-5-6-15)12-17-8-16(13-20-17)10-18-9-14(2)3/h1,8,13-15,18H,5-7,9-12H2,2-3H3. The first-order valence-corrected chi connectivity index (χ1v) is 7.60. The first kappa shape index (κ1) is 15.2. The van der Waals surface area contributed by atoms with Crippen molar-refractivity contribution in [2.75, 3.05) is 19.6 Å². The number of terminal acetylenes is 1. The van der Waals surface area contributed by atoms with E-state index in [1.165, 1.54) is 18.4 Å². The largest absolute Gasteiger partial charge is 0.468 e. The van der Waals surface area contributed by atoms with Crippen LogP contribution in [0, 0.1) is 24.2 Å². The van der Waals surface area contributed by atoms with E-state index >= 15 is 0 Å². The van der Waals surface area contributed by atoms with Crippen LogP contribution in [-0.4, -0.2) is 24.5 Å². The lowest BCUT2D eigenvalue weighted by Gasteiger charge is -2.17. The zero-order valence-corrected chi connectivity index (χ0v) is 12.7. The Balaban J connectivity index is 1.79. The molecule has 0 amide bonds. The summed E-state index contributed by atoms with van der Waals surface area (Å²) in [5.41, 5.74) is 1.22. The molecule has 0 spiro atoms. The molecule has 1 aromatic heterocycles.